The van der Waals surface area contributed by atoms with Gasteiger partial charge in [0.1, 0.15) is 25.4 Å². The lowest BCUT2D eigenvalue weighted by Crippen LogP contribution is -2.37. The SMILES string of the molecule is BC(Nc1cc(Cl)c2ncc(C#N)c(N[C@@H]3CCC[C@H](O)C3)c2c1)(c1ccc(F)cc1)c1cn(C2CC2)nn1. The highest BCUT2D eigenvalue weighted by Gasteiger charge is 2.34. The van der Waals surface area contributed by atoms with Crippen LogP contribution in [0.5, 0.6) is 0 Å². The molecule has 8 nitrogen and oxygen atoms in total. The molecule has 2 aromatic carbocycles. The second-order valence-corrected chi connectivity index (χ2v) is 11.2. The number of nitrogens with zero attached hydrogens (tertiary/aromatic N) is 5. The van der Waals surface area contributed by atoms with Gasteiger partial charge in [-0.2, -0.15) is 5.26 Å². The molecule has 0 radical (unpaired) electrons. The van der Waals surface area contributed by atoms with Gasteiger partial charge in [-0.1, -0.05) is 28.9 Å². The molecule has 2 saturated carbocycles. The summed E-state index contributed by atoms with van der Waals surface area (Å²) in [6, 6.07) is 12.7. The number of aliphatic hydroxyl groups excluding tert-OH is 1. The number of nitrogens with one attached hydrogen (secondary N) is 2. The standard InChI is InChI=1S/C28H28BClFN7O/c29-28(17-4-6-18(31)7-5-17,25-15-38(37-36-25)21-8-9-21)35-20-11-23-26(34-19-2-1-3-22(39)10-19)16(13-32)14-33-27(23)24(30)12-20/h4-7,11-12,14-15,19,21-22,35,39H,1-3,8-10,29H2,(H,33,34)/t19-,22+,28?/m1/s1. The number of anilines is 2. The number of nitriles is 1. The fraction of sp³-hybridized carbons (Fsp3) is 0.357. The van der Waals surface area contributed by atoms with Crippen molar-refractivity contribution in [2.75, 3.05) is 10.6 Å². The summed E-state index contributed by atoms with van der Waals surface area (Å²) >= 11 is 6.76. The van der Waals surface area contributed by atoms with E-state index in [2.05, 4.69) is 32.0 Å². The van der Waals surface area contributed by atoms with Gasteiger partial charge in [0.2, 0.25) is 0 Å². The predicted molar refractivity (Wildman–Crippen MR) is 151 cm³/mol. The maximum absolute atomic E-state index is 13.9. The maximum Gasteiger partial charge on any atom is 0.148 e. The number of hydrogen-bond acceptors (Lipinski definition) is 7. The van der Waals surface area contributed by atoms with Crippen LogP contribution in [0.15, 0.2) is 48.8 Å². The fourth-order valence-electron chi connectivity index (χ4n) is 5.45. The van der Waals surface area contributed by atoms with Gasteiger partial charge in [-0.25, -0.2) is 9.07 Å². The van der Waals surface area contributed by atoms with Gasteiger partial charge >= 0.3 is 0 Å². The number of halogens is 2. The van der Waals surface area contributed by atoms with Crippen LogP contribution in [-0.2, 0) is 5.44 Å². The van der Waals surface area contributed by atoms with Crippen molar-refractivity contribution in [2.24, 2.45) is 0 Å². The Labute approximate surface area is 231 Å². The molecule has 0 saturated heterocycles. The van der Waals surface area contributed by atoms with E-state index in [-0.39, 0.29) is 18.0 Å². The first-order chi connectivity index (χ1) is 18.8. The second kappa shape index (κ2) is 10.1. The Balaban J connectivity index is 1.44. The highest BCUT2D eigenvalue weighted by Crippen LogP contribution is 2.39. The molecule has 3 N–H and O–H groups in total. The van der Waals surface area contributed by atoms with Crippen LogP contribution in [0.1, 0.15) is 61.4 Å². The van der Waals surface area contributed by atoms with Crippen LogP contribution in [0.3, 0.4) is 0 Å². The Morgan fingerprint density at radius 2 is 1.97 bits per heavy atom. The van der Waals surface area contributed by atoms with Gasteiger partial charge in [0.05, 0.1) is 45.6 Å². The van der Waals surface area contributed by atoms with Gasteiger partial charge in [-0.05, 0) is 68.4 Å². The van der Waals surface area contributed by atoms with E-state index in [1.54, 1.807) is 18.2 Å². The largest absolute Gasteiger partial charge is 0.393 e. The fourth-order valence-corrected chi connectivity index (χ4v) is 5.72. The molecule has 2 aromatic heterocycles. The van der Waals surface area contributed by atoms with Gasteiger partial charge in [0, 0.05) is 23.3 Å². The molecule has 0 bridgehead atoms. The third-order valence-corrected chi connectivity index (χ3v) is 8.09. The average molecular weight is 544 g/mol. The Kier molecular flexibility index (Phi) is 6.65. The first-order valence-electron chi connectivity index (χ1n) is 13.3. The molecule has 0 spiro atoms. The molecular weight excluding hydrogens is 516 g/mol. The van der Waals surface area contributed by atoms with Gasteiger partial charge in [-0.3, -0.25) is 4.98 Å². The summed E-state index contributed by atoms with van der Waals surface area (Å²) in [6.45, 7) is 0. The molecule has 2 heterocycles. The van der Waals surface area contributed by atoms with Gasteiger partial charge in [0.15, 0.2) is 0 Å². The second-order valence-electron chi connectivity index (χ2n) is 10.7. The van der Waals surface area contributed by atoms with Crippen LogP contribution in [0.25, 0.3) is 10.9 Å². The van der Waals surface area contributed by atoms with Crippen LogP contribution >= 0.6 is 11.6 Å². The first kappa shape index (κ1) is 25.6. The maximum atomic E-state index is 13.9. The third-order valence-electron chi connectivity index (χ3n) is 7.80. The summed E-state index contributed by atoms with van der Waals surface area (Å²) in [5.74, 6) is -0.324. The minimum atomic E-state index is -0.862. The number of pyridine rings is 1. The van der Waals surface area contributed by atoms with Crippen LogP contribution in [0.4, 0.5) is 15.8 Å². The minimum Gasteiger partial charge on any atom is -0.393 e. The zero-order valence-corrected chi connectivity index (χ0v) is 22.3. The molecule has 3 atom stereocenters. The van der Waals surface area contributed by atoms with E-state index in [1.807, 2.05) is 24.8 Å². The molecule has 2 aliphatic rings. The summed E-state index contributed by atoms with van der Waals surface area (Å²) in [5.41, 5.74) is 2.95. The molecule has 4 aromatic rings. The number of benzene rings is 2. The summed E-state index contributed by atoms with van der Waals surface area (Å²) in [4.78, 5) is 4.47. The van der Waals surface area contributed by atoms with Crippen LogP contribution in [0.2, 0.25) is 5.02 Å². The molecule has 11 heteroatoms. The Morgan fingerprint density at radius 3 is 2.69 bits per heavy atom. The van der Waals surface area contributed by atoms with E-state index in [4.69, 9.17) is 11.6 Å². The van der Waals surface area contributed by atoms with Crippen molar-refractivity contribution in [1.82, 2.24) is 20.0 Å². The van der Waals surface area contributed by atoms with E-state index in [9.17, 15) is 14.8 Å². The number of aliphatic hydroxyl groups is 1. The number of hydrogen-bond donors (Lipinski definition) is 3. The minimum absolute atomic E-state index is 0.0313. The molecule has 6 rings (SSSR count). The number of aromatic nitrogens is 4. The smallest absolute Gasteiger partial charge is 0.148 e. The van der Waals surface area contributed by atoms with Crippen molar-refractivity contribution in [3.63, 3.8) is 0 Å². The lowest BCUT2D eigenvalue weighted by Gasteiger charge is -2.31. The van der Waals surface area contributed by atoms with E-state index in [1.165, 1.54) is 18.3 Å². The molecule has 1 unspecified atom stereocenters. The highest BCUT2D eigenvalue weighted by molar-refractivity contribution is 6.36. The van der Waals surface area contributed by atoms with E-state index >= 15 is 0 Å². The molecule has 198 valence electrons. The highest BCUT2D eigenvalue weighted by atomic mass is 35.5. The van der Waals surface area contributed by atoms with Crippen molar-refractivity contribution < 1.29 is 9.50 Å². The lowest BCUT2D eigenvalue weighted by molar-refractivity contribution is 0.124. The van der Waals surface area contributed by atoms with Crippen molar-refractivity contribution in [3.05, 3.63) is 76.5 Å². The predicted octanol–water partition coefficient (Wildman–Crippen LogP) is 4.49. The van der Waals surface area contributed by atoms with Crippen LogP contribution in [-0.4, -0.2) is 45.1 Å². The topological polar surface area (TPSA) is 112 Å². The molecular formula is C28H28BClFN7O. The van der Waals surface area contributed by atoms with Gasteiger partial charge < -0.3 is 15.7 Å². The molecule has 0 amide bonds. The number of rotatable bonds is 7. The summed E-state index contributed by atoms with van der Waals surface area (Å²) in [5, 5.41) is 37.1. The van der Waals surface area contributed by atoms with E-state index in [0.717, 1.165) is 37.7 Å². The quantitative estimate of drug-likeness (QED) is 0.295. The molecule has 39 heavy (non-hydrogen) atoms. The zero-order chi connectivity index (χ0) is 27.1. The Hall–Kier alpha value is -3.68. The molecule has 2 fully saturated rings. The summed E-state index contributed by atoms with van der Waals surface area (Å²) < 4.78 is 15.7. The Morgan fingerprint density at radius 1 is 1.18 bits per heavy atom. The van der Waals surface area contributed by atoms with Crippen molar-refractivity contribution in [1.29, 1.82) is 5.26 Å². The van der Waals surface area contributed by atoms with Gasteiger partial charge in [-0.15, -0.1) is 5.10 Å². The Bertz CT molecular complexity index is 1570. The van der Waals surface area contributed by atoms with Crippen LogP contribution < -0.4 is 10.6 Å². The van der Waals surface area contributed by atoms with Crippen molar-refractivity contribution in [3.8, 4) is 6.07 Å². The first-order valence-corrected chi connectivity index (χ1v) is 13.7. The monoisotopic (exact) mass is 543 g/mol. The van der Waals surface area contributed by atoms with Crippen molar-refractivity contribution in [2.45, 2.75) is 62.2 Å². The third kappa shape index (κ3) is 5.04. The van der Waals surface area contributed by atoms with E-state index < -0.39 is 5.44 Å². The van der Waals surface area contributed by atoms with Crippen LogP contribution in [0, 0.1) is 17.1 Å². The lowest BCUT2D eigenvalue weighted by atomic mass is 9.69. The molecule has 0 aliphatic heterocycles. The summed E-state index contributed by atoms with van der Waals surface area (Å²) in [7, 11) is 1.98. The number of fused-ring (bicyclic) bond motifs is 1. The van der Waals surface area contributed by atoms with Gasteiger partial charge in [0.25, 0.3) is 0 Å². The average Bonchev–Trinajstić information content (AvgIpc) is 3.65. The zero-order valence-electron chi connectivity index (χ0n) is 21.5. The normalized spacial score (nSPS) is 20.8. The van der Waals surface area contributed by atoms with Crippen molar-refractivity contribution >= 4 is 41.7 Å². The molecule has 2 aliphatic carbocycles. The van der Waals surface area contributed by atoms with E-state index in [0.29, 0.717) is 51.0 Å². The summed E-state index contributed by atoms with van der Waals surface area (Å²) in [6.07, 6.45) is 8.46.